The van der Waals surface area contributed by atoms with Crippen LogP contribution in [0.4, 0.5) is 0 Å². The zero-order valence-electron chi connectivity index (χ0n) is 6.51. The Morgan fingerprint density at radius 2 is 2.46 bits per heavy atom. The van der Waals surface area contributed by atoms with Crippen molar-refractivity contribution in [3.05, 3.63) is 27.9 Å². The van der Waals surface area contributed by atoms with Crippen molar-refractivity contribution in [1.82, 2.24) is 14.8 Å². The van der Waals surface area contributed by atoms with Crippen LogP contribution >= 0.6 is 22.6 Å². The summed E-state index contributed by atoms with van der Waals surface area (Å²) in [6, 6.07) is 0.368. The smallest absolute Gasteiger partial charge is 0.322 e. The van der Waals surface area contributed by atoms with Gasteiger partial charge in [-0.05, 0) is 22.6 Å². The first-order valence-corrected chi connectivity index (χ1v) is 4.63. The lowest BCUT2D eigenvalue weighted by Crippen LogP contribution is -1.94. The van der Waals surface area contributed by atoms with E-state index in [0.29, 0.717) is 11.7 Å². The first-order valence-electron chi connectivity index (χ1n) is 3.55. The lowest BCUT2D eigenvalue weighted by Gasteiger charge is -1.89. The van der Waals surface area contributed by atoms with E-state index in [9.17, 15) is 0 Å². The summed E-state index contributed by atoms with van der Waals surface area (Å²) in [5.41, 5.74) is 0.500. The van der Waals surface area contributed by atoms with Crippen LogP contribution in [0.1, 0.15) is 5.69 Å². The van der Waals surface area contributed by atoms with Gasteiger partial charge in [0.25, 0.3) is 0 Å². The quantitative estimate of drug-likeness (QED) is 0.837. The molecule has 5 nitrogen and oxygen atoms in total. The first-order chi connectivity index (χ1) is 6.29. The Morgan fingerprint density at radius 3 is 3.00 bits per heavy atom. The van der Waals surface area contributed by atoms with Crippen molar-refractivity contribution in [2.75, 3.05) is 0 Å². The van der Waals surface area contributed by atoms with E-state index in [1.807, 2.05) is 0 Å². The number of rotatable bonds is 2. The Labute approximate surface area is 87.5 Å². The fourth-order valence-electron chi connectivity index (χ4n) is 0.880. The Hall–Kier alpha value is -0.890. The van der Waals surface area contributed by atoms with Gasteiger partial charge in [0.05, 0.1) is 16.4 Å². The van der Waals surface area contributed by atoms with Crippen LogP contribution in [0, 0.1) is 3.57 Å². The first kappa shape index (κ1) is 8.70. The molecule has 2 heterocycles. The highest BCUT2D eigenvalue weighted by molar-refractivity contribution is 14.1. The second kappa shape index (κ2) is 3.46. The molecule has 0 amide bonds. The average molecular weight is 291 g/mol. The highest BCUT2D eigenvalue weighted by Gasteiger charge is 2.05. The van der Waals surface area contributed by atoms with E-state index in [1.54, 1.807) is 12.4 Å². The molecule has 68 valence electrons. The molecule has 0 unspecified atom stereocenters. The van der Waals surface area contributed by atoms with Gasteiger partial charge in [0.15, 0.2) is 0 Å². The highest BCUT2D eigenvalue weighted by atomic mass is 127. The summed E-state index contributed by atoms with van der Waals surface area (Å²) in [5.74, 6) is 0. The van der Waals surface area contributed by atoms with E-state index in [2.05, 4.69) is 32.7 Å². The molecule has 6 heteroatoms. The summed E-state index contributed by atoms with van der Waals surface area (Å²) in [7, 11) is 0. The normalized spacial score (nSPS) is 10.6. The van der Waals surface area contributed by atoms with Gasteiger partial charge in [0.1, 0.15) is 12.0 Å². The fraction of sp³-hybridized carbons (Fsp3) is 0.143. The largest absolute Gasteiger partial charge is 0.430 e. The van der Waals surface area contributed by atoms with Crippen LogP contribution in [0.2, 0.25) is 0 Å². The molecule has 2 aromatic heterocycles. The number of aliphatic hydroxyl groups is 1. The van der Waals surface area contributed by atoms with Crippen LogP contribution in [0.5, 0.6) is 0 Å². The fourth-order valence-corrected chi connectivity index (χ4v) is 1.27. The molecule has 2 aromatic rings. The molecule has 0 saturated heterocycles. The van der Waals surface area contributed by atoms with E-state index in [-0.39, 0.29) is 6.61 Å². The molecule has 0 bridgehead atoms. The van der Waals surface area contributed by atoms with Gasteiger partial charge in [0.2, 0.25) is 0 Å². The Bertz CT molecular complexity index is 409. The second-order valence-corrected chi connectivity index (χ2v) is 3.63. The highest BCUT2D eigenvalue weighted by Crippen LogP contribution is 2.09. The molecule has 0 aliphatic rings. The minimum Gasteiger partial charge on any atom is -0.430 e. The van der Waals surface area contributed by atoms with Crippen molar-refractivity contribution >= 4 is 22.6 Å². The number of hydrogen-bond donors (Lipinski definition) is 1. The van der Waals surface area contributed by atoms with Crippen LogP contribution < -0.4 is 0 Å². The number of hydrogen-bond acceptors (Lipinski definition) is 4. The van der Waals surface area contributed by atoms with Crippen LogP contribution in [-0.2, 0) is 6.61 Å². The predicted molar refractivity (Wildman–Crippen MR) is 52.3 cm³/mol. The van der Waals surface area contributed by atoms with Gasteiger partial charge in [-0.15, -0.1) is 0 Å². The van der Waals surface area contributed by atoms with Crippen LogP contribution in [0.3, 0.4) is 0 Å². The van der Waals surface area contributed by atoms with Crippen LogP contribution in [-0.4, -0.2) is 19.9 Å². The second-order valence-electron chi connectivity index (χ2n) is 2.38. The number of aliphatic hydroxyl groups excluding tert-OH is 1. The molecule has 0 spiro atoms. The van der Waals surface area contributed by atoms with Crippen LogP contribution in [0.25, 0.3) is 6.01 Å². The summed E-state index contributed by atoms with van der Waals surface area (Å²) in [4.78, 5) is 3.99. The lowest BCUT2D eigenvalue weighted by atomic mass is 10.5. The van der Waals surface area contributed by atoms with Gasteiger partial charge in [-0.3, -0.25) is 0 Å². The Morgan fingerprint density at radius 1 is 1.62 bits per heavy atom. The van der Waals surface area contributed by atoms with Gasteiger partial charge in [0, 0.05) is 6.20 Å². The monoisotopic (exact) mass is 291 g/mol. The van der Waals surface area contributed by atoms with Gasteiger partial charge >= 0.3 is 6.01 Å². The molecule has 0 fully saturated rings. The summed E-state index contributed by atoms with van der Waals surface area (Å²) in [6.45, 7) is -0.123. The molecule has 0 aromatic carbocycles. The zero-order valence-corrected chi connectivity index (χ0v) is 8.67. The number of aromatic nitrogens is 3. The summed E-state index contributed by atoms with van der Waals surface area (Å²) in [6.07, 6.45) is 4.89. The maximum atomic E-state index is 8.75. The number of nitrogens with zero attached hydrogens (tertiary/aromatic N) is 3. The Kier molecular flexibility index (Phi) is 2.32. The zero-order chi connectivity index (χ0) is 9.26. The van der Waals surface area contributed by atoms with Crippen molar-refractivity contribution in [3.8, 4) is 6.01 Å². The van der Waals surface area contributed by atoms with E-state index >= 15 is 0 Å². The van der Waals surface area contributed by atoms with E-state index in [0.717, 1.165) is 3.57 Å². The SMILES string of the molecule is OCc1coc(-n2cc(I)cn2)n1. The maximum Gasteiger partial charge on any atom is 0.322 e. The minimum absolute atomic E-state index is 0.123. The third-order valence-corrected chi connectivity index (χ3v) is 2.01. The molecule has 2 rings (SSSR count). The van der Waals surface area contributed by atoms with E-state index in [4.69, 9.17) is 9.52 Å². The van der Waals surface area contributed by atoms with Crippen molar-refractivity contribution in [2.24, 2.45) is 0 Å². The van der Waals surface area contributed by atoms with Crippen molar-refractivity contribution in [3.63, 3.8) is 0 Å². The van der Waals surface area contributed by atoms with Gasteiger partial charge < -0.3 is 9.52 Å². The molecule has 0 aliphatic heterocycles. The molecular formula is C7H6IN3O2. The minimum atomic E-state index is -0.123. The molecule has 0 atom stereocenters. The average Bonchev–Trinajstić information content (AvgIpc) is 2.71. The van der Waals surface area contributed by atoms with E-state index in [1.165, 1.54) is 10.9 Å². The predicted octanol–water partition coefficient (Wildman–Crippen LogP) is 0.957. The number of oxazole rings is 1. The number of halogens is 1. The summed E-state index contributed by atoms with van der Waals surface area (Å²) < 4.78 is 7.60. The molecule has 13 heavy (non-hydrogen) atoms. The summed E-state index contributed by atoms with van der Waals surface area (Å²) in [5, 5.41) is 12.8. The summed E-state index contributed by atoms with van der Waals surface area (Å²) >= 11 is 2.14. The topological polar surface area (TPSA) is 64.1 Å². The van der Waals surface area contributed by atoms with Crippen molar-refractivity contribution < 1.29 is 9.52 Å². The third-order valence-electron chi connectivity index (χ3n) is 1.45. The standard InChI is InChI=1S/C7H6IN3O2/c8-5-1-9-11(2-5)7-10-6(3-12)4-13-7/h1-2,4,12H,3H2. The molecule has 0 radical (unpaired) electrons. The molecule has 0 saturated carbocycles. The van der Waals surface area contributed by atoms with Crippen molar-refractivity contribution in [1.29, 1.82) is 0 Å². The molecule has 1 N–H and O–H groups in total. The van der Waals surface area contributed by atoms with Crippen LogP contribution in [0.15, 0.2) is 23.1 Å². The Balaban J connectivity index is 2.35. The van der Waals surface area contributed by atoms with Gasteiger partial charge in [-0.1, -0.05) is 0 Å². The lowest BCUT2D eigenvalue weighted by molar-refractivity contribution is 0.276. The molecular weight excluding hydrogens is 285 g/mol. The third kappa shape index (κ3) is 1.73. The van der Waals surface area contributed by atoms with Crippen molar-refractivity contribution in [2.45, 2.75) is 6.61 Å². The molecule has 0 aliphatic carbocycles. The maximum absolute atomic E-state index is 8.75. The van der Waals surface area contributed by atoms with Gasteiger partial charge in [-0.2, -0.15) is 14.8 Å². The van der Waals surface area contributed by atoms with E-state index < -0.39 is 0 Å². The van der Waals surface area contributed by atoms with Gasteiger partial charge in [-0.25, -0.2) is 0 Å².